The van der Waals surface area contributed by atoms with Crippen molar-refractivity contribution >= 4 is 11.9 Å². The quantitative estimate of drug-likeness (QED) is 0.596. The third kappa shape index (κ3) is 8.68. The molecule has 4 N–H and O–H groups in total. The van der Waals surface area contributed by atoms with Gasteiger partial charge in [-0.3, -0.25) is 9.59 Å². The minimum absolute atomic E-state index is 0.0277. The van der Waals surface area contributed by atoms with Crippen molar-refractivity contribution in [2.24, 2.45) is 11.7 Å². The lowest BCUT2D eigenvalue weighted by Gasteiger charge is -2.18. The van der Waals surface area contributed by atoms with Crippen molar-refractivity contribution in [3.05, 3.63) is 0 Å². The molecule has 0 aliphatic rings. The molecule has 1 amide bonds. The van der Waals surface area contributed by atoms with Gasteiger partial charge in [0.15, 0.2) is 0 Å². The molecule has 0 aromatic rings. The van der Waals surface area contributed by atoms with Gasteiger partial charge in [-0.05, 0) is 32.1 Å². The zero-order chi connectivity index (χ0) is 13.4. The molecule has 5 heteroatoms. The summed E-state index contributed by atoms with van der Waals surface area (Å²) in [6, 6.07) is -0.503. The summed E-state index contributed by atoms with van der Waals surface area (Å²) in [4.78, 5) is 22.0. The molecule has 2 unspecified atom stereocenters. The third-order valence-electron chi connectivity index (χ3n) is 2.48. The molecule has 0 saturated carbocycles. The molecule has 0 aromatic carbocycles. The van der Waals surface area contributed by atoms with Crippen LogP contribution in [-0.2, 0) is 9.59 Å². The molecule has 0 fully saturated rings. The van der Waals surface area contributed by atoms with E-state index >= 15 is 0 Å². The van der Waals surface area contributed by atoms with E-state index in [1.807, 2.05) is 20.8 Å². The van der Waals surface area contributed by atoms with Crippen LogP contribution in [0.2, 0.25) is 0 Å². The normalized spacial score (nSPS) is 14.4. The van der Waals surface area contributed by atoms with E-state index in [1.54, 1.807) is 0 Å². The number of amides is 1. The van der Waals surface area contributed by atoms with Crippen LogP contribution in [-0.4, -0.2) is 29.1 Å². The topological polar surface area (TPSA) is 92.4 Å². The van der Waals surface area contributed by atoms with Crippen LogP contribution in [0.3, 0.4) is 0 Å². The average molecular weight is 244 g/mol. The first-order valence-electron chi connectivity index (χ1n) is 6.10. The second-order valence-electron chi connectivity index (χ2n) is 4.93. The highest BCUT2D eigenvalue weighted by Crippen LogP contribution is 2.04. The Hall–Kier alpha value is -1.10. The van der Waals surface area contributed by atoms with E-state index in [0.29, 0.717) is 25.2 Å². The van der Waals surface area contributed by atoms with Gasteiger partial charge < -0.3 is 16.2 Å². The van der Waals surface area contributed by atoms with Crippen molar-refractivity contribution in [3.63, 3.8) is 0 Å². The van der Waals surface area contributed by atoms with Gasteiger partial charge in [0.2, 0.25) is 5.91 Å². The first-order valence-corrected chi connectivity index (χ1v) is 6.10. The Bertz CT molecular complexity index is 254. The molecule has 0 rings (SSSR count). The van der Waals surface area contributed by atoms with Crippen LogP contribution >= 0.6 is 0 Å². The summed E-state index contributed by atoms with van der Waals surface area (Å²) in [5.41, 5.74) is 5.74. The zero-order valence-corrected chi connectivity index (χ0v) is 10.9. The fourth-order valence-corrected chi connectivity index (χ4v) is 1.60. The van der Waals surface area contributed by atoms with Crippen LogP contribution in [0.25, 0.3) is 0 Å². The molecule has 0 saturated heterocycles. The molecule has 0 heterocycles. The predicted molar refractivity (Wildman–Crippen MR) is 66.5 cm³/mol. The number of aliphatic carboxylic acids is 1. The van der Waals surface area contributed by atoms with E-state index in [2.05, 4.69) is 5.32 Å². The first kappa shape index (κ1) is 15.9. The van der Waals surface area contributed by atoms with Crippen LogP contribution in [0.5, 0.6) is 0 Å². The molecule has 100 valence electrons. The highest BCUT2D eigenvalue weighted by atomic mass is 16.4. The van der Waals surface area contributed by atoms with Crippen molar-refractivity contribution in [3.8, 4) is 0 Å². The number of carbonyl (C=O) groups is 2. The SMILES string of the molecule is CC(C)CC(N)C(=O)NC(C)CCCC(=O)O. The van der Waals surface area contributed by atoms with Gasteiger partial charge in [0.05, 0.1) is 6.04 Å². The van der Waals surface area contributed by atoms with Crippen LogP contribution in [0, 0.1) is 5.92 Å². The van der Waals surface area contributed by atoms with Crippen LogP contribution in [0.15, 0.2) is 0 Å². The number of carboxylic acids is 1. The summed E-state index contributed by atoms with van der Waals surface area (Å²) in [7, 11) is 0. The van der Waals surface area contributed by atoms with E-state index in [1.165, 1.54) is 0 Å². The number of hydrogen-bond donors (Lipinski definition) is 3. The maximum absolute atomic E-state index is 11.6. The van der Waals surface area contributed by atoms with Gasteiger partial charge in [-0.25, -0.2) is 0 Å². The van der Waals surface area contributed by atoms with Crippen molar-refractivity contribution in [2.75, 3.05) is 0 Å². The number of carboxylic acid groups (broad SMARTS) is 1. The molecule has 0 aliphatic heterocycles. The van der Waals surface area contributed by atoms with E-state index in [0.717, 1.165) is 0 Å². The van der Waals surface area contributed by atoms with Crippen LogP contribution in [0.1, 0.15) is 46.5 Å². The maximum Gasteiger partial charge on any atom is 0.303 e. The van der Waals surface area contributed by atoms with E-state index in [-0.39, 0.29) is 18.4 Å². The van der Waals surface area contributed by atoms with E-state index < -0.39 is 12.0 Å². The molecule has 0 spiro atoms. The second-order valence-corrected chi connectivity index (χ2v) is 4.93. The van der Waals surface area contributed by atoms with Crippen molar-refractivity contribution in [2.45, 2.75) is 58.5 Å². The minimum Gasteiger partial charge on any atom is -0.481 e. The molecular weight excluding hydrogens is 220 g/mol. The number of nitrogens with one attached hydrogen (secondary N) is 1. The summed E-state index contributed by atoms with van der Waals surface area (Å²) >= 11 is 0. The standard InChI is InChI=1S/C12H24N2O3/c1-8(2)7-10(13)12(17)14-9(3)5-4-6-11(15)16/h8-10H,4-7,13H2,1-3H3,(H,14,17)(H,15,16). The predicted octanol–water partition coefficient (Wildman–Crippen LogP) is 1.12. The molecular formula is C12H24N2O3. The first-order chi connectivity index (χ1) is 7.82. The Morgan fingerprint density at radius 1 is 1.29 bits per heavy atom. The lowest BCUT2D eigenvalue weighted by Crippen LogP contribution is -2.45. The fraction of sp³-hybridized carbons (Fsp3) is 0.833. The Morgan fingerprint density at radius 3 is 2.35 bits per heavy atom. The van der Waals surface area contributed by atoms with Crippen molar-refractivity contribution in [1.29, 1.82) is 0 Å². The van der Waals surface area contributed by atoms with Gasteiger partial charge >= 0.3 is 5.97 Å². The van der Waals surface area contributed by atoms with Crippen molar-refractivity contribution in [1.82, 2.24) is 5.32 Å². The van der Waals surface area contributed by atoms with Gasteiger partial charge in [-0.2, -0.15) is 0 Å². The molecule has 0 radical (unpaired) electrons. The smallest absolute Gasteiger partial charge is 0.303 e. The second kappa shape index (κ2) is 8.06. The third-order valence-corrected chi connectivity index (χ3v) is 2.48. The summed E-state index contributed by atoms with van der Waals surface area (Å²) in [6.45, 7) is 5.90. The molecule has 0 bridgehead atoms. The number of rotatable bonds is 8. The van der Waals surface area contributed by atoms with Gasteiger partial charge in [-0.1, -0.05) is 13.8 Å². The Morgan fingerprint density at radius 2 is 1.88 bits per heavy atom. The van der Waals surface area contributed by atoms with Crippen LogP contribution in [0.4, 0.5) is 0 Å². The minimum atomic E-state index is -0.806. The van der Waals surface area contributed by atoms with Gasteiger partial charge in [0.25, 0.3) is 0 Å². The summed E-state index contributed by atoms with van der Waals surface area (Å²) in [6.07, 6.45) is 2.02. The lowest BCUT2D eigenvalue weighted by atomic mass is 10.0. The Kier molecular flexibility index (Phi) is 7.54. The van der Waals surface area contributed by atoms with Crippen molar-refractivity contribution < 1.29 is 14.7 Å². The van der Waals surface area contributed by atoms with Crippen LogP contribution < -0.4 is 11.1 Å². The van der Waals surface area contributed by atoms with E-state index in [4.69, 9.17) is 10.8 Å². The molecule has 5 nitrogen and oxygen atoms in total. The summed E-state index contributed by atoms with van der Waals surface area (Å²) < 4.78 is 0. The van der Waals surface area contributed by atoms with Gasteiger partial charge in [0.1, 0.15) is 0 Å². The molecule has 0 aromatic heterocycles. The highest BCUT2D eigenvalue weighted by Gasteiger charge is 2.16. The fourth-order valence-electron chi connectivity index (χ4n) is 1.60. The molecule has 0 aliphatic carbocycles. The summed E-state index contributed by atoms with van der Waals surface area (Å²) in [5.74, 6) is -0.570. The van der Waals surface area contributed by atoms with Gasteiger partial charge in [0, 0.05) is 12.5 Å². The highest BCUT2D eigenvalue weighted by molar-refractivity contribution is 5.81. The Balaban J connectivity index is 3.82. The lowest BCUT2D eigenvalue weighted by molar-refractivity contribution is -0.137. The maximum atomic E-state index is 11.6. The number of nitrogens with two attached hydrogens (primary N) is 1. The molecule has 17 heavy (non-hydrogen) atoms. The van der Waals surface area contributed by atoms with Gasteiger partial charge in [-0.15, -0.1) is 0 Å². The largest absolute Gasteiger partial charge is 0.481 e. The Labute approximate surface area is 103 Å². The zero-order valence-electron chi connectivity index (χ0n) is 10.9. The average Bonchev–Trinajstić information content (AvgIpc) is 2.15. The van der Waals surface area contributed by atoms with E-state index in [9.17, 15) is 9.59 Å². The monoisotopic (exact) mass is 244 g/mol. The summed E-state index contributed by atoms with van der Waals surface area (Å²) in [5, 5.41) is 11.3. The number of hydrogen-bond acceptors (Lipinski definition) is 3. The number of carbonyl (C=O) groups excluding carboxylic acids is 1. The molecule has 2 atom stereocenters.